The van der Waals surface area contributed by atoms with Gasteiger partial charge in [-0.2, -0.15) is 5.10 Å². The molecule has 0 N–H and O–H groups in total. The average Bonchev–Trinajstić information content (AvgIpc) is 3.13. The van der Waals surface area contributed by atoms with E-state index >= 15 is 0 Å². The zero-order valence-electron chi connectivity index (χ0n) is 14.3. The maximum Gasteiger partial charge on any atom is 0.256 e. The molecule has 0 radical (unpaired) electrons. The monoisotopic (exact) mass is 333 g/mol. The standard InChI is InChI=1S/C19H19N5O/c1-11-8-18-21-10-15-16-6-5-13(9-17(15)24(18)22-11)23(16)19(25)14-4-3-7-20-12(14)2/h3-4,7-8,10,13,16H,5-6,9H2,1-2H3/t13-,16-/m1/s1. The lowest BCUT2D eigenvalue weighted by atomic mass is 9.98. The molecule has 5 rings (SSSR count). The molecule has 0 aliphatic carbocycles. The molecule has 1 fully saturated rings. The molecule has 6 nitrogen and oxygen atoms in total. The third kappa shape index (κ3) is 2.03. The highest BCUT2D eigenvalue weighted by atomic mass is 16.2. The largest absolute Gasteiger partial charge is 0.328 e. The summed E-state index contributed by atoms with van der Waals surface area (Å²) in [6.07, 6.45) is 6.50. The lowest BCUT2D eigenvalue weighted by Crippen LogP contribution is -2.43. The van der Waals surface area contributed by atoms with Gasteiger partial charge in [0.25, 0.3) is 5.91 Å². The predicted molar refractivity (Wildman–Crippen MR) is 92.3 cm³/mol. The summed E-state index contributed by atoms with van der Waals surface area (Å²) in [7, 11) is 0. The minimum Gasteiger partial charge on any atom is -0.328 e. The van der Waals surface area contributed by atoms with E-state index in [0.717, 1.165) is 41.9 Å². The highest BCUT2D eigenvalue weighted by molar-refractivity contribution is 5.96. The summed E-state index contributed by atoms with van der Waals surface area (Å²) < 4.78 is 1.97. The molecule has 25 heavy (non-hydrogen) atoms. The SMILES string of the molecule is Cc1cc2ncc3c(n2n1)C[C@H]1CC[C@H]3N1C(=O)c1cccnc1C. The number of carbonyl (C=O) groups excluding carboxylic acids is 1. The van der Waals surface area contributed by atoms with Crippen molar-refractivity contribution in [2.24, 2.45) is 0 Å². The summed E-state index contributed by atoms with van der Waals surface area (Å²) in [4.78, 5) is 24.1. The van der Waals surface area contributed by atoms with E-state index in [1.54, 1.807) is 6.20 Å². The molecule has 5 heterocycles. The fourth-order valence-corrected chi connectivity index (χ4v) is 4.36. The number of hydrogen-bond donors (Lipinski definition) is 0. The highest BCUT2D eigenvalue weighted by Crippen LogP contribution is 2.44. The van der Waals surface area contributed by atoms with Crippen LogP contribution in [0.3, 0.4) is 0 Å². The predicted octanol–water partition coefficient (Wildman–Crippen LogP) is 2.64. The highest BCUT2D eigenvalue weighted by Gasteiger charge is 2.44. The molecule has 0 unspecified atom stereocenters. The molecule has 0 spiro atoms. The molecule has 0 saturated carbocycles. The van der Waals surface area contributed by atoms with Crippen molar-refractivity contribution in [2.75, 3.05) is 0 Å². The fourth-order valence-electron chi connectivity index (χ4n) is 4.36. The van der Waals surface area contributed by atoms with E-state index in [9.17, 15) is 4.79 Å². The van der Waals surface area contributed by atoms with Crippen molar-refractivity contribution in [1.29, 1.82) is 0 Å². The first-order chi connectivity index (χ1) is 12.1. The van der Waals surface area contributed by atoms with Crippen molar-refractivity contribution in [3.05, 3.63) is 58.8 Å². The third-order valence-corrected chi connectivity index (χ3v) is 5.50. The van der Waals surface area contributed by atoms with Crippen LogP contribution in [-0.4, -0.2) is 36.4 Å². The minimum absolute atomic E-state index is 0.0838. The van der Waals surface area contributed by atoms with E-state index in [4.69, 9.17) is 0 Å². The Morgan fingerprint density at radius 3 is 2.96 bits per heavy atom. The quantitative estimate of drug-likeness (QED) is 0.687. The van der Waals surface area contributed by atoms with Crippen LogP contribution in [-0.2, 0) is 6.42 Å². The Balaban J connectivity index is 1.61. The molecule has 2 bridgehead atoms. The van der Waals surface area contributed by atoms with Crippen LogP contribution in [0.2, 0.25) is 0 Å². The van der Waals surface area contributed by atoms with Crippen molar-refractivity contribution in [1.82, 2.24) is 24.5 Å². The molecule has 1 saturated heterocycles. The zero-order valence-corrected chi connectivity index (χ0v) is 14.3. The van der Waals surface area contributed by atoms with Crippen LogP contribution in [0.4, 0.5) is 0 Å². The zero-order chi connectivity index (χ0) is 17.1. The lowest BCUT2D eigenvalue weighted by molar-refractivity contribution is 0.0641. The Bertz CT molecular complexity index is 1010. The topological polar surface area (TPSA) is 63.4 Å². The summed E-state index contributed by atoms with van der Waals surface area (Å²) in [5, 5.41) is 4.61. The van der Waals surface area contributed by atoms with Crippen LogP contribution in [0, 0.1) is 13.8 Å². The van der Waals surface area contributed by atoms with Crippen molar-refractivity contribution in [3.63, 3.8) is 0 Å². The van der Waals surface area contributed by atoms with Gasteiger partial charge in [0.05, 0.1) is 23.0 Å². The average molecular weight is 333 g/mol. The van der Waals surface area contributed by atoms with Crippen molar-refractivity contribution in [3.8, 4) is 0 Å². The van der Waals surface area contributed by atoms with E-state index in [-0.39, 0.29) is 18.0 Å². The smallest absolute Gasteiger partial charge is 0.256 e. The normalized spacial score (nSPS) is 21.6. The maximum atomic E-state index is 13.2. The van der Waals surface area contributed by atoms with Crippen molar-refractivity contribution >= 4 is 11.6 Å². The van der Waals surface area contributed by atoms with Gasteiger partial charge in [0.2, 0.25) is 0 Å². The molecule has 0 aromatic carbocycles. The summed E-state index contributed by atoms with van der Waals surface area (Å²) in [6, 6.07) is 6.01. The fraction of sp³-hybridized carbons (Fsp3) is 0.368. The second kappa shape index (κ2) is 5.12. The van der Waals surface area contributed by atoms with E-state index in [2.05, 4.69) is 20.0 Å². The number of pyridine rings is 1. The molecule has 126 valence electrons. The van der Waals surface area contributed by atoms with E-state index in [0.29, 0.717) is 5.56 Å². The molecular weight excluding hydrogens is 314 g/mol. The van der Waals surface area contributed by atoms with E-state index in [1.807, 2.05) is 42.8 Å². The van der Waals surface area contributed by atoms with Gasteiger partial charge in [0, 0.05) is 42.2 Å². The number of rotatable bonds is 1. The second-order valence-corrected chi connectivity index (χ2v) is 7.02. The van der Waals surface area contributed by atoms with Gasteiger partial charge in [-0.15, -0.1) is 0 Å². The molecule has 3 aromatic heterocycles. The number of carbonyl (C=O) groups is 1. The van der Waals surface area contributed by atoms with Gasteiger partial charge in [0.15, 0.2) is 5.65 Å². The van der Waals surface area contributed by atoms with Crippen LogP contribution in [0.1, 0.15) is 51.9 Å². The summed E-state index contributed by atoms with van der Waals surface area (Å²) in [6.45, 7) is 3.88. The van der Waals surface area contributed by atoms with Gasteiger partial charge in [0.1, 0.15) is 0 Å². The number of hydrogen-bond acceptors (Lipinski definition) is 4. The van der Waals surface area contributed by atoms with Gasteiger partial charge >= 0.3 is 0 Å². The molecule has 3 aromatic rings. The van der Waals surface area contributed by atoms with Crippen molar-refractivity contribution in [2.45, 2.75) is 45.2 Å². The number of aromatic nitrogens is 4. The first kappa shape index (κ1) is 14.6. The van der Waals surface area contributed by atoms with Crippen LogP contribution >= 0.6 is 0 Å². The Morgan fingerprint density at radius 2 is 2.12 bits per heavy atom. The molecule has 2 aliphatic heterocycles. The van der Waals surface area contributed by atoms with Gasteiger partial charge in [-0.3, -0.25) is 9.78 Å². The molecule has 6 heteroatoms. The second-order valence-electron chi connectivity index (χ2n) is 7.02. The summed E-state index contributed by atoms with van der Waals surface area (Å²) in [5.74, 6) is 0.0838. The first-order valence-electron chi connectivity index (χ1n) is 8.72. The Kier molecular flexibility index (Phi) is 2.98. The number of fused-ring (bicyclic) bond motifs is 6. The van der Waals surface area contributed by atoms with Gasteiger partial charge in [-0.1, -0.05) is 0 Å². The van der Waals surface area contributed by atoms with Crippen molar-refractivity contribution < 1.29 is 4.79 Å². The number of nitrogens with zero attached hydrogens (tertiary/aromatic N) is 5. The van der Waals surface area contributed by atoms with Crippen LogP contribution < -0.4 is 0 Å². The number of amides is 1. The Morgan fingerprint density at radius 1 is 1.24 bits per heavy atom. The first-order valence-corrected chi connectivity index (χ1v) is 8.72. The molecular formula is C19H19N5O. The van der Waals surface area contributed by atoms with Crippen LogP contribution in [0.5, 0.6) is 0 Å². The van der Waals surface area contributed by atoms with Gasteiger partial charge < -0.3 is 4.90 Å². The molecule has 1 amide bonds. The van der Waals surface area contributed by atoms with E-state index < -0.39 is 0 Å². The number of aryl methyl sites for hydroxylation is 2. The van der Waals surface area contributed by atoms with Gasteiger partial charge in [-0.05, 0) is 38.8 Å². The molecule has 2 aliphatic rings. The van der Waals surface area contributed by atoms with Crippen LogP contribution in [0.25, 0.3) is 5.65 Å². The van der Waals surface area contributed by atoms with E-state index in [1.165, 1.54) is 5.69 Å². The Hall–Kier alpha value is -2.76. The molecule has 2 atom stereocenters. The Labute approximate surface area is 145 Å². The minimum atomic E-state index is 0.0838. The maximum absolute atomic E-state index is 13.2. The summed E-state index contributed by atoms with van der Waals surface area (Å²) >= 11 is 0. The summed E-state index contributed by atoms with van der Waals surface area (Å²) in [5.41, 5.74) is 5.69. The van der Waals surface area contributed by atoms with Gasteiger partial charge in [-0.25, -0.2) is 9.50 Å². The van der Waals surface area contributed by atoms with Crippen LogP contribution in [0.15, 0.2) is 30.6 Å². The third-order valence-electron chi connectivity index (χ3n) is 5.50. The lowest BCUT2D eigenvalue weighted by Gasteiger charge is -2.36.